The van der Waals surface area contributed by atoms with E-state index >= 15 is 0 Å². The average Bonchev–Trinajstić information content (AvgIpc) is 2.87. The van der Waals surface area contributed by atoms with Crippen LogP contribution in [0.25, 0.3) is 22.0 Å². The highest BCUT2D eigenvalue weighted by Gasteiger charge is 2.30. The maximum Gasteiger partial charge on any atom is 0.207 e. The number of fused-ring (bicyclic) bond motifs is 2. The fourth-order valence-corrected chi connectivity index (χ4v) is 7.83. The van der Waals surface area contributed by atoms with E-state index in [0.29, 0.717) is 31.2 Å². The van der Waals surface area contributed by atoms with Gasteiger partial charge in [0.15, 0.2) is 0 Å². The van der Waals surface area contributed by atoms with E-state index in [9.17, 15) is 16.8 Å². The number of rotatable bonds is 4. The molecule has 0 fully saturated rings. The van der Waals surface area contributed by atoms with Crippen LogP contribution in [0.5, 0.6) is 0 Å². The lowest BCUT2D eigenvalue weighted by atomic mass is 9.98. The Labute approximate surface area is 227 Å². The molecule has 0 atom stereocenters. The van der Waals surface area contributed by atoms with Crippen LogP contribution in [0.4, 0.5) is 0 Å². The molecule has 0 saturated carbocycles. The molecule has 180 valence electrons. The van der Waals surface area contributed by atoms with E-state index < -0.39 is 19.7 Å². The van der Waals surface area contributed by atoms with Gasteiger partial charge in [-0.15, -0.1) is 0 Å². The summed E-state index contributed by atoms with van der Waals surface area (Å²) in [6, 6.07) is 26.8. The van der Waals surface area contributed by atoms with Gasteiger partial charge in [0.1, 0.15) is 0 Å². The second kappa shape index (κ2) is 9.59. The molecule has 1 aliphatic carbocycles. The third kappa shape index (κ3) is 4.54. The lowest BCUT2D eigenvalue weighted by Gasteiger charge is -2.20. The van der Waals surface area contributed by atoms with Gasteiger partial charge in [-0.25, -0.2) is 16.8 Å². The molecule has 36 heavy (non-hydrogen) atoms. The van der Waals surface area contributed by atoms with Crippen LogP contribution in [-0.2, 0) is 19.7 Å². The molecule has 0 saturated heterocycles. The molecule has 0 heterocycles. The van der Waals surface area contributed by atoms with Gasteiger partial charge in [-0.3, -0.25) is 0 Å². The van der Waals surface area contributed by atoms with Crippen molar-refractivity contribution in [3.05, 3.63) is 128 Å². The highest BCUT2D eigenvalue weighted by atomic mass is 79.9. The zero-order valence-corrected chi connectivity index (χ0v) is 23.4. The Balaban J connectivity index is 1.87. The van der Waals surface area contributed by atoms with E-state index in [2.05, 4.69) is 31.9 Å². The van der Waals surface area contributed by atoms with Crippen molar-refractivity contribution in [2.75, 3.05) is 0 Å². The van der Waals surface area contributed by atoms with Crippen LogP contribution in [0.3, 0.4) is 0 Å². The molecule has 0 bridgehead atoms. The zero-order chi connectivity index (χ0) is 25.5. The second-order valence-corrected chi connectivity index (χ2v) is 13.8. The number of hydrogen-bond donors (Lipinski definition) is 0. The van der Waals surface area contributed by atoms with Gasteiger partial charge in [0.25, 0.3) is 0 Å². The Morgan fingerprint density at radius 2 is 0.833 bits per heavy atom. The largest absolute Gasteiger partial charge is 0.218 e. The molecule has 0 amide bonds. The minimum absolute atomic E-state index is 0.0842. The molecule has 4 nitrogen and oxygen atoms in total. The Morgan fingerprint density at radius 1 is 0.472 bits per heavy atom. The molecule has 0 N–H and O–H groups in total. The number of benzene rings is 4. The third-order valence-corrected chi connectivity index (χ3v) is 10.4. The first-order chi connectivity index (χ1) is 17.2. The van der Waals surface area contributed by atoms with Crippen molar-refractivity contribution in [2.24, 2.45) is 0 Å². The molecule has 0 aliphatic heterocycles. The van der Waals surface area contributed by atoms with E-state index in [0.717, 1.165) is 0 Å². The van der Waals surface area contributed by atoms with E-state index in [1.165, 1.54) is 0 Å². The van der Waals surface area contributed by atoms with Crippen LogP contribution in [0.15, 0.2) is 116 Å². The van der Waals surface area contributed by atoms with Crippen LogP contribution in [-0.4, -0.2) is 16.8 Å². The topological polar surface area (TPSA) is 68.3 Å². The first kappa shape index (κ1) is 24.9. The minimum atomic E-state index is -3.94. The maximum absolute atomic E-state index is 13.9. The van der Waals surface area contributed by atoms with Gasteiger partial charge in [0.05, 0.1) is 19.6 Å². The molecule has 0 spiro atoms. The Kier molecular flexibility index (Phi) is 6.63. The summed E-state index contributed by atoms with van der Waals surface area (Å²) < 4.78 is 56.8. The summed E-state index contributed by atoms with van der Waals surface area (Å²) in [6.07, 6.45) is 3.12. The summed E-state index contributed by atoms with van der Waals surface area (Å²) in [5, 5.41) is 0. The van der Waals surface area contributed by atoms with Gasteiger partial charge >= 0.3 is 0 Å². The van der Waals surface area contributed by atoms with Crippen LogP contribution < -0.4 is 0 Å². The van der Waals surface area contributed by atoms with E-state index in [-0.39, 0.29) is 19.6 Å². The van der Waals surface area contributed by atoms with Crippen molar-refractivity contribution in [1.29, 1.82) is 0 Å². The van der Waals surface area contributed by atoms with Crippen LogP contribution in [0.2, 0.25) is 0 Å². The van der Waals surface area contributed by atoms with Crippen molar-refractivity contribution >= 4 is 73.5 Å². The summed E-state index contributed by atoms with van der Waals surface area (Å²) in [6.45, 7) is 0. The van der Waals surface area contributed by atoms with Crippen molar-refractivity contribution in [2.45, 2.75) is 9.79 Å². The molecule has 0 unspecified atom stereocenters. The summed E-state index contributed by atoms with van der Waals surface area (Å²) in [7, 11) is -7.88. The smallest absolute Gasteiger partial charge is 0.207 e. The second-order valence-electron chi connectivity index (χ2n) is 8.11. The van der Waals surface area contributed by atoms with Gasteiger partial charge in [0.2, 0.25) is 19.7 Å². The monoisotopic (exact) mass is 640 g/mol. The van der Waals surface area contributed by atoms with Crippen LogP contribution in [0.1, 0.15) is 22.3 Å². The van der Waals surface area contributed by atoms with E-state index in [4.69, 9.17) is 0 Å². The molecule has 4 aromatic carbocycles. The predicted octanol–water partition coefficient (Wildman–Crippen LogP) is 7.47. The summed E-state index contributed by atoms with van der Waals surface area (Å²) in [5.74, 6) is 0. The van der Waals surface area contributed by atoms with Crippen LogP contribution >= 0.6 is 31.9 Å². The van der Waals surface area contributed by atoms with Crippen molar-refractivity contribution in [3.63, 3.8) is 0 Å². The first-order valence-corrected chi connectivity index (χ1v) is 15.4. The standard InChI is InChI=1S/C28H18Br2O4S2/c29-21-14-12-20-16-28(36(33,34)24-9-5-2-6-10-24)26-18-22(30)13-11-19(26)15-27(25(20)17-21)35(31,32)23-7-3-1-4-8-23/h1-18H/b19-15?,20-16?,27-15+,27-25?,28-16+,28-26?. The average molecular weight is 642 g/mol. The number of hydrogen-bond acceptors (Lipinski definition) is 4. The highest BCUT2D eigenvalue weighted by molar-refractivity contribution is 9.10. The molecule has 1 aliphatic rings. The lowest BCUT2D eigenvalue weighted by Crippen LogP contribution is -2.10. The Morgan fingerprint density at radius 3 is 1.19 bits per heavy atom. The highest BCUT2D eigenvalue weighted by Crippen LogP contribution is 2.41. The number of halogens is 2. The summed E-state index contributed by atoms with van der Waals surface area (Å²) in [5.41, 5.74) is 1.76. The lowest BCUT2D eigenvalue weighted by molar-refractivity contribution is 0.604. The molecular weight excluding hydrogens is 624 g/mol. The molecule has 0 radical (unpaired) electrons. The van der Waals surface area contributed by atoms with Gasteiger partial charge < -0.3 is 0 Å². The van der Waals surface area contributed by atoms with Gasteiger partial charge in [-0.1, -0.05) is 80.4 Å². The molecule has 8 heteroatoms. The van der Waals surface area contributed by atoms with Gasteiger partial charge in [-0.05, 0) is 71.8 Å². The normalized spacial score (nSPS) is 16.4. The van der Waals surface area contributed by atoms with Gasteiger partial charge in [-0.2, -0.15) is 0 Å². The SMILES string of the molecule is O=S(=O)(/C1=C/c2ccc(Br)cc2/C(S(=O)(=O)c2ccccc2)=C\c2ccc(Br)cc21)c1ccccc1. The molecule has 4 aromatic rings. The number of sulfone groups is 2. The molecule has 0 aromatic heterocycles. The van der Waals surface area contributed by atoms with E-state index in [1.54, 1.807) is 109 Å². The Hall–Kier alpha value is -2.78. The fourth-order valence-electron chi connectivity index (χ4n) is 4.07. The first-order valence-electron chi connectivity index (χ1n) is 10.8. The van der Waals surface area contributed by atoms with Crippen molar-refractivity contribution in [1.82, 2.24) is 0 Å². The van der Waals surface area contributed by atoms with Gasteiger partial charge in [0, 0.05) is 20.1 Å². The molecular formula is C28H18Br2O4S2. The zero-order valence-electron chi connectivity index (χ0n) is 18.6. The van der Waals surface area contributed by atoms with Crippen molar-refractivity contribution < 1.29 is 16.8 Å². The van der Waals surface area contributed by atoms with E-state index in [1.807, 2.05) is 0 Å². The maximum atomic E-state index is 13.9. The minimum Gasteiger partial charge on any atom is -0.218 e. The third-order valence-electron chi connectivity index (χ3n) is 5.82. The van der Waals surface area contributed by atoms with Crippen molar-refractivity contribution in [3.8, 4) is 0 Å². The summed E-state index contributed by atoms with van der Waals surface area (Å²) in [4.78, 5) is 0.479. The Bertz CT molecular complexity index is 1630. The fraction of sp³-hybridized carbons (Fsp3) is 0. The molecule has 5 rings (SSSR count). The quantitative estimate of drug-likeness (QED) is 0.232. The summed E-state index contributed by atoms with van der Waals surface area (Å²) >= 11 is 6.90. The predicted molar refractivity (Wildman–Crippen MR) is 151 cm³/mol. The van der Waals surface area contributed by atoms with Crippen LogP contribution in [0, 0.1) is 0 Å².